The van der Waals surface area contributed by atoms with Gasteiger partial charge in [0.15, 0.2) is 0 Å². The van der Waals surface area contributed by atoms with Gasteiger partial charge in [0.25, 0.3) is 0 Å². The molecular weight excluding hydrogens is 1150 g/mol. The van der Waals surface area contributed by atoms with Crippen LogP contribution in [0.3, 0.4) is 0 Å². The average molecular weight is 1230 g/mol. The van der Waals surface area contributed by atoms with Crippen LogP contribution in [0.2, 0.25) is 0 Å². The van der Waals surface area contributed by atoms with Crippen molar-refractivity contribution in [2.24, 2.45) is 11.5 Å². The van der Waals surface area contributed by atoms with Crippen molar-refractivity contribution in [3.8, 4) is 0 Å². The Kier molecular flexibility index (Phi) is 234. The summed E-state index contributed by atoms with van der Waals surface area (Å²) in [6.07, 6.45) is 22.1. The second kappa shape index (κ2) is 107. The van der Waals surface area contributed by atoms with Crippen LogP contribution in [-0.4, -0.2) is 112 Å². The van der Waals surface area contributed by atoms with Crippen LogP contribution in [0.25, 0.3) is 0 Å². The van der Waals surface area contributed by atoms with Gasteiger partial charge in [-0.25, -0.2) is 0 Å². The Hall–Kier alpha value is 2.59. The maximum absolute atomic E-state index is 9.89. The Morgan fingerprint density at radius 1 is 0.246 bits per heavy atom. The fraction of sp³-hybridized carbons (Fsp3) is 1.00. The first-order valence-corrected chi connectivity index (χ1v) is 20.6. The molecule has 0 aliphatic carbocycles. The quantitative estimate of drug-likeness (QED) is 0.0918. The molecule has 29 heteroatoms. The SMILES string of the molecule is CCCC[N+](CCCC)(CCCC)CCCC.CCCC[N+](CCCC)(CCCC)CCCC.NC(C[O-])(C[O-])C[O-].NC(C[O-])(C[O-])C[O-].[O-2].[O-2].[O-2].[O-2].[O-2].[O-2].[O-2].[O-2].[O-2].[O-2].[O-2].[O-2].[O-2].[V].[V].[V].[V].[V].[V]. The van der Waals surface area contributed by atoms with Crippen LogP contribution in [0.15, 0.2) is 0 Å². The third-order valence-corrected chi connectivity index (χ3v) is 9.61. The second-order valence-electron chi connectivity index (χ2n) is 14.9. The van der Waals surface area contributed by atoms with E-state index in [1.54, 1.807) is 0 Å². The van der Waals surface area contributed by atoms with Gasteiger partial charge in [0.2, 0.25) is 0 Å². The zero-order valence-electron chi connectivity index (χ0n) is 42.7. The van der Waals surface area contributed by atoms with Gasteiger partial charge in [-0.1, -0.05) is 107 Å². The van der Waals surface area contributed by atoms with Crippen molar-refractivity contribution < 1.29 is 222 Å². The first kappa shape index (κ1) is 151. The molecule has 0 saturated heterocycles. The largest absolute Gasteiger partial charge is 2.00 e. The Morgan fingerprint density at radius 2 is 0.333 bits per heavy atom. The average Bonchev–Trinajstić information content (AvgIpc) is 3.16. The van der Waals surface area contributed by atoms with E-state index in [1.165, 1.54) is 164 Å². The first-order chi connectivity index (χ1) is 23.8. The van der Waals surface area contributed by atoms with Gasteiger partial charge >= 0.3 is 0 Å². The van der Waals surface area contributed by atoms with Crippen LogP contribution < -0.4 is 42.1 Å². The molecule has 0 atom stereocenters. The van der Waals surface area contributed by atoms with Crippen molar-refractivity contribution in [1.82, 2.24) is 0 Å². The summed E-state index contributed by atoms with van der Waals surface area (Å²) in [7, 11) is 0. The molecule has 6 radical (unpaired) electrons. The van der Waals surface area contributed by atoms with E-state index < -0.39 is 50.7 Å². The Balaban J connectivity index is -0.0000000185. The van der Waals surface area contributed by atoms with Crippen molar-refractivity contribution in [2.45, 2.75) is 169 Å². The number of nitrogens with zero attached hydrogens (tertiary/aromatic N) is 2. The van der Waals surface area contributed by atoms with Gasteiger partial charge in [-0.15, -0.1) is 39.6 Å². The normalized spacial score (nSPS) is 8.70. The fourth-order valence-electron chi connectivity index (χ4n) is 5.54. The summed E-state index contributed by atoms with van der Waals surface area (Å²) >= 11 is 0. The Morgan fingerprint density at radius 3 is 0.377 bits per heavy atom. The van der Waals surface area contributed by atoms with Crippen LogP contribution in [0.5, 0.6) is 0 Å². The molecule has 0 fully saturated rings. The summed E-state index contributed by atoms with van der Waals surface area (Å²) in [5.74, 6) is 0. The van der Waals surface area contributed by atoms with Gasteiger partial charge in [0.1, 0.15) is 0 Å². The summed E-state index contributed by atoms with van der Waals surface area (Å²) in [4.78, 5) is 0. The number of hydrogen-bond acceptors (Lipinski definition) is 8. The van der Waals surface area contributed by atoms with Crippen LogP contribution in [0, 0.1) is 0 Å². The van der Waals surface area contributed by atoms with E-state index in [2.05, 4.69) is 55.4 Å². The number of hydrogen-bond donors (Lipinski definition) is 2. The molecule has 0 aromatic rings. The summed E-state index contributed by atoms with van der Waals surface area (Å²) in [6, 6.07) is 0. The minimum Gasteiger partial charge on any atom is -2.00 e. The van der Waals surface area contributed by atoms with Crippen LogP contribution >= 0.6 is 0 Å². The summed E-state index contributed by atoms with van der Waals surface area (Å²) in [6.45, 7) is 25.4. The van der Waals surface area contributed by atoms with E-state index in [0.717, 1.165) is 0 Å². The van der Waals surface area contributed by atoms with E-state index in [4.69, 9.17) is 11.5 Å². The maximum Gasteiger partial charge on any atom is 0.0786 e. The van der Waals surface area contributed by atoms with Gasteiger partial charge in [-0.3, -0.25) is 0 Å². The zero-order chi connectivity index (χ0) is 39.2. The molecule has 0 spiro atoms. The molecule has 4 N–H and O–H groups in total. The molecule has 0 unspecified atom stereocenters. The molecule has 0 saturated carbocycles. The van der Waals surface area contributed by atoms with Gasteiger partial charge in [0.05, 0.1) is 52.4 Å². The zero-order valence-corrected chi connectivity index (χ0v) is 51.1. The molecule has 0 aromatic carbocycles. The van der Waals surface area contributed by atoms with Crippen molar-refractivity contribution in [3.63, 3.8) is 0 Å². The Labute approximate surface area is 491 Å². The summed E-state index contributed by atoms with van der Waals surface area (Å²) < 4.78 is 2.84. The smallest absolute Gasteiger partial charge is 0.0786 e. The molecule has 0 heterocycles. The van der Waals surface area contributed by atoms with E-state index in [-0.39, 0.29) is 183 Å². The van der Waals surface area contributed by atoms with Gasteiger partial charge in [-0.05, 0) is 62.4 Å². The number of quaternary nitrogens is 2. The van der Waals surface area contributed by atoms with E-state index >= 15 is 0 Å². The predicted octanol–water partition coefficient (Wildman–Crippen LogP) is -0.0226. The minimum absolute atomic E-state index is 0. The molecule has 442 valence electrons. The Bertz CT molecular complexity index is 564. The number of unbranched alkanes of at least 4 members (excludes halogenated alkanes) is 8. The van der Waals surface area contributed by atoms with E-state index in [0.29, 0.717) is 0 Å². The first-order valence-electron chi connectivity index (χ1n) is 20.6. The van der Waals surface area contributed by atoms with E-state index in [9.17, 15) is 30.6 Å². The van der Waals surface area contributed by atoms with Crippen molar-refractivity contribution in [3.05, 3.63) is 0 Å². The second-order valence-corrected chi connectivity index (χ2v) is 14.9. The molecule has 69 heavy (non-hydrogen) atoms. The molecule has 0 aliphatic heterocycles. The van der Waals surface area contributed by atoms with Gasteiger partial charge < -0.3 is 122 Å². The fourth-order valence-corrected chi connectivity index (χ4v) is 5.54. The van der Waals surface area contributed by atoms with E-state index in [1.807, 2.05) is 0 Å². The third-order valence-electron chi connectivity index (χ3n) is 9.61. The van der Waals surface area contributed by atoms with Gasteiger partial charge in [-0.2, -0.15) is 0 Å². The topological polar surface area (TPSA) is 561 Å². The van der Waals surface area contributed by atoms with Crippen molar-refractivity contribution >= 4 is 0 Å². The van der Waals surface area contributed by atoms with Crippen LogP contribution in [-0.2, 0) is 183 Å². The molecule has 0 aliphatic rings. The number of nitrogens with two attached hydrogens (primary N) is 2. The third kappa shape index (κ3) is 90.5. The van der Waals surface area contributed by atoms with Crippen LogP contribution in [0.1, 0.15) is 158 Å². The van der Waals surface area contributed by atoms with Crippen molar-refractivity contribution in [1.29, 1.82) is 0 Å². The standard InChI is InChI=1S/2C16H36N.2C4H8NO3.13O.6V/c2*1-5-9-13-17(14-10-6-2,15-11-7-3)16-12-8-4;2*5-4(1-6,2-7)3-8;;;;;;;;;;;;;;;;;;;/h2*5-16H2,1-4H3;2*1-3,5H2;;;;;;;;;;;;;;;;;;;/q2*+1;2*-3;13*-2;;;;;;. The summed E-state index contributed by atoms with van der Waals surface area (Å²) in [5.41, 5.74) is 6.83. The molecule has 0 amide bonds. The number of rotatable bonds is 30. The van der Waals surface area contributed by atoms with Gasteiger partial charge in [0, 0.05) is 111 Å². The van der Waals surface area contributed by atoms with Crippen LogP contribution in [0.4, 0.5) is 0 Å². The maximum atomic E-state index is 9.89. The molecule has 0 bridgehead atoms. The summed E-state index contributed by atoms with van der Waals surface area (Å²) in [5, 5.41) is 59.3. The molecule has 23 nitrogen and oxygen atoms in total. The van der Waals surface area contributed by atoms with Crippen molar-refractivity contribution in [2.75, 3.05) is 92.0 Å². The minimum atomic E-state index is -1.54. The molecular formula is C40H88N4O19V6-30. The monoisotopic (exact) mass is 1230 g/mol. The predicted molar refractivity (Wildman–Crippen MR) is 211 cm³/mol. The molecule has 0 rings (SSSR count). The molecule has 0 aromatic heterocycles.